The summed E-state index contributed by atoms with van der Waals surface area (Å²) >= 11 is 1.72. The number of benzene rings is 1. The van der Waals surface area contributed by atoms with Gasteiger partial charge in [-0.25, -0.2) is 4.79 Å². The van der Waals surface area contributed by atoms with Gasteiger partial charge >= 0.3 is 6.03 Å². The number of nitrogens with zero attached hydrogens (tertiary/aromatic N) is 1. The molecule has 1 aromatic heterocycles. The molecule has 0 fully saturated rings. The van der Waals surface area contributed by atoms with Crippen LogP contribution in [0.4, 0.5) is 4.79 Å². The molecule has 4 nitrogen and oxygen atoms in total. The van der Waals surface area contributed by atoms with Gasteiger partial charge < -0.3 is 10.6 Å². The van der Waals surface area contributed by atoms with Crippen molar-refractivity contribution in [3.8, 4) is 0 Å². The van der Waals surface area contributed by atoms with E-state index < -0.39 is 0 Å². The molecule has 2 N–H and O–H groups in total. The van der Waals surface area contributed by atoms with Gasteiger partial charge in [-0.1, -0.05) is 30.3 Å². The Balaban J connectivity index is 1.81. The highest BCUT2D eigenvalue weighted by molar-refractivity contribution is 7.98. The molecule has 116 valence electrons. The van der Waals surface area contributed by atoms with Gasteiger partial charge in [0, 0.05) is 24.7 Å². The van der Waals surface area contributed by atoms with Crippen LogP contribution in [0, 0.1) is 0 Å². The van der Waals surface area contributed by atoms with Gasteiger partial charge in [0.25, 0.3) is 0 Å². The van der Waals surface area contributed by atoms with Crippen LogP contribution in [0.2, 0.25) is 0 Å². The van der Waals surface area contributed by atoms with Crippen molar-refractivity contribution in [3.05, 3.63) is 66.0 Å². The summed E-state index contributed by atoms with van der Waals surface area (Å²) in [6.07, 6.45) is 6.37. The maximum Gasteiger partial charge on any atom is 0.315 e. The first kappa shape index (κ1) is 16.4. The molecule has 0 aliphatic rings. The summed E-state index contributed by atoms with van der Waals surface area (Å²) in [7, 11) is 0. The molecule has 1 heterocycles. The van der Waals surface area contributed by atoms with Gasteiger partial charge in [-0.05, 0) is 35.9 Å². The van der Waals surface area contributed by atoms with E-state index in [9.17, 15) is 4.79 Å². The van der Waals surface area contributed by atoms with E-state index in [1.807, 2.05) is 48.7 Å². The zero-order valence-electron chi connectivity index (χ0n) is 12.7. The zero-order chi connectivity index (χ0) is 15.6. The first-order valence-corrected chi connectivity index (χ1v) is 8.66. The van der Waals surface area contributed by atoms with Crippen LogP contribution in [0.1, 0.15) is 17.2 Å². The highest BCUT2D eigenvalue weighted by Crippen LogP contribution is 2.16. The van der Waals surface area contributed by atoms with Crippen molar-refractivity contribution in [2.45, 2.75) is 12.5 Å². The van der Waals surface area contributed by atoms with E-state index in [1.165, 1.54) is 5.56 Å². The van der Waals surface area contributed by atoms with E-state index >= 15 is 0 Å². The lowest BCUT2D eigenvalue weighted by Gasteiger charge is -2.18. The number of aromatic nitrogens is 1. The van der Waals surface area contributed by atoms with Gasteiger partial charge in [0.05, 0.1) is 6.04 Å². The van der Waals surface area contributed by atoms with E-state index in [0.717, 1.165) is 17.7 Å². The quantitative estimate of drug-likeness (QED) is 0.826. The van der Waals surface area contributed by atoms with Crippen LogP contribution in [-0.4, -0.2) is 29.6 Å². The molecule has 0 saturated carbocycles. The average molecular weight is 315 g/mol. The Bertz CT molecular complexity index is 563. The SMILES string of the molecule is CSC[C@H](NC(=O)NCCc1ccncc1)c1ccccc1. The number of hydrogen-bond donors (Lipinski definition) is 2. The molecule has 0 saturated heterocycles. The Morgan fingerprint density at radius 3 is 2.59 bits per heavy atom. The largest absolute Gasteiger partial charge is 0.338 e. The molecule has 0 spiro atoms. The van der Waals surface area contributed by atoms with Crippen LogP contribution in [0.5, 0.6) is 0 Å². The number of carbonyl (C=O) groups is 1. The highest BCUT2D eigenvalue weighted by atomic mass is 32.2. The van der Waals surface area contributed by atoms with E-state index in [1.54, 1.807) is 24.2 Å². The van der Waals surface area contributed by atoms with Crippen molar-refractivity contribution in [2.75, 3.05) is 18.6 Å². The summed E-state index contributed by atoms with van der Waals surface area (Å²) in [5.41, 5.74) is 2.29. The molecule has 2 aromatic rings. The molecule has 5 heteroatoms. The van der Waals surface area contributed by atoms with E-state index in [-0.39, 0.29) is 12.1 Å². The first-order chi connectivity index (χ1) is 10.8. The standard InChI is InChI=1S/C17H21N3OS/c1-22-13-16(15-5-3-2-4-6-15)20-17(21)19-12-9-14-7-10-18-11-8-14/h2-8,10-11,16H,9,12-13H2,1H3,(H2,19,20,21)/t16-/m0/s1. The Hall–Kier alpha value is -2.01. The van der Waals surface area contributed by atoms with Gasteiger partial charge in [-0.2, -0.15) is 11.8 Å². The molecule has 0 aliphatic heterocycles. The number of urea groups is 1. The summed E-state index contributed by atoms with van der Waals surface area (Å²) in [5, 5.41) is 5.95. The molecular weight excluding hydrogens is 294 g/mol. The topological polar surface area (TPSA) is 54.0 Å². The summed E-state index contributed by atoms with van der Waals surface area (Å²) in [5.74, 6) is 0.849. The molecule has 0 bridgehead atoms. The fourth-order valence-corrected chi connectivity index (χ4v) is 2.76. The average Bonchev–Trinajstić information content (AvgIpc) is 2.56. The fraction of sp³-hybridized carbons (Fsp3) is 0.294. The smallest absolute Gasteiger partial charge is 0.315 e. The molecule has 2 rings (SSSR count). The molecule has 2 amide bonds. The van der Waals surface area contributed by atoms with Crippen LogP contribution in [0.3, 0.4) is 0 Å². The van der Waals surface area contributed by atoms with Crippen molar-refractivity contribution in [1.82, 2.24) is 15.6 Å². The third-order valence-corrected chi connectivity index (χ3v) is 3.96. The van der Waals surface area contributed by atoms with Crippen LogP contribution in [0.25, 0.3) is 0 Å². The van der Waals surface area contributed by atoms with Gasteiger partial charge in [0.15, 0.2) is 0 Å². The molecule has 1 atom stereocenters. The normalized spacial score (nSPS) is 11.7. The Morgan fingerprint density at radius 1 is 1.18 bits per heavy atom. The minimum atomic E-state index is -0.128. The fourth-order valence-electron chi connectivity index (χ4n) is 2.15. The van der Waals surface area contributed by atoms with Crippen LogP contribution in [-0.2, 0) is 6.42 Å². The second-order valence-corrected chi connectivity index (χ2v) is 5.83. The maximum absolute atomic E-state index is 12.0. The van der Waals surface area contributed by atoms with Crippen LogP contribution < -0.4 is 10.6 Å². The van der Waals surface area contributed by atoms with Crippen LogP contribution in [0.15, 0.2) is 54.9 Å². The Labute approximate surface area is 135 Å². The van der Waals surface area contributed by atoms with Gasteiger partial charge in [0.2, 0.25) is 0 Å². The third-order valence-electron chi connectivity index (χ3n) is 3.29. The van der Waals surface area contributed by atoms with Crippen molar-refractivity contribution in [1.29, 1.82) is 0 Å². The molecule has 22 heavy (non-hydrogen) atoms. The summed E-state index contributed by atoms with van der Waals surface area (Å²) in [6.45, 7) is 0.608. The number of nitrogens with one attached hydrogen (secondary N) is 2. The number of pyridine rings is 1. The van der Waals surface area contributed by atoms with Crippen molar-refractivity contribution in [2.24, 2.45) is 0 Å². The Kier molecular flexibility index (Phi) is 6.77. The highest BCUT2D eigenvalue weighted by Gasteiger charge is 2.13. The lowest BCUT2D eigenvalue weighted by molar-refractivity contribution is 0.238. The lowest BCUT2D eigenvalue weighted by atomic mass is 10.1. The van der Waals surface area contributed by atoms with Crippen molar-refractivity contribution in [3.63, 3.8) is 0 Å². The summed E-state index contributed by atoms with van der Waals surface area (Å²) in [4.78, 5) is 16.0. The van der Waals surface area contributed by atoms with Crippen LogP contribution >= 0.6 is 11.8 Å². The molecule has 0 radical (unpaired) electrons. The summed E-state index contributed by atoms with van der Waals surface area (Å²) < 4.78 is 0. The number of amides is 2. The second kappa shape index (κ2) is 9.10. The molecule has 0 aliphatic carbocycles. The Morgan fingerprint density at radius 2 is 1.91 bits per heavy atom. The molecule has 0 unspecified atom stereocenters. The first-order valence-electron chi connectivity index (χ1n) is 7.26. The van der Waals surface area contributed by atoms with Crippen molar-refractivity contribution >= 4 is 17.8 Å². The lowest BCUT2D eigenvalue weighted by Crippen LogP contribution is -2.39. The van der Waals surface area contributed by atoms with E-state index in [2.05, 4.69) is 15.6 Å². The third kappa shape index (κ3) is 5.41. The predicted octanol–water partition coefficient (Wildman–Crippen LogP) is 3.03. The second-order valence-electron chi connectivity index (χ2n) is 4.92. The number of carbonyl (C=O) groups excluding carboxylic acids is 1. The van der Waals surface area contributed by atoms with Crippen molar-refractivity contribution < 1.29 is 4.79 Å². The van der Waals surface area contributed by atoms with Gasteiger partial charge in [-0.15, -0.1) is 0 Å². The predicted molar refractivity (Wildman–Crippen MR) is 92.0 cm³/mol. The zero-order valence-corrected chi connectivity index (χ0v) is 13.5. The van der Waals surface area contributed by atoms with Gasteiger partial charge in [-0.3, -0.25) is 4.98 Å². The van der Waals surface area contributed by atoms with E-state index in [0.29, 0.717) is 6.54 Å². The van der Waals surface area contributed by atoms with Gasteiger partial charge in [0.1, 0.15) is 0 Å². The van der Waals surface area contributed by atoms with E-state index in [4.69, 9.17) is 0 Å². The number of rotatable bonds is 7. The molecule has 1 aromatic carbocycles. The number of thioether (sulfide) groups is 1. The maximum atomic E-state index is 12.0. The molecular formula is C17H21N3OS. The minimum Gasteiger partial charge on any atom is -0.338 e. The minimum absolute atomic E-state index is 0.0251. The summed E-state index contributed by atoms with van der Waals surface area (Å²) in [6, 6.07) is 13.9. The monoisotopic (exact) mass is 315 g/mol. The number of hydrogen-bond acceptors (Lipinski definition) is 3.